The van der Waals surface area contributed by atoms with E-state index in [1.54, 1.807) is 44.2 Å². The van der Waals surface area contributed by atoms with E-state index in [-0.39, 0.29) is 18.4 Å². The second-order valence-electron chi connectivity index (χ2n) is 8.56. The minimum atomic E-state index is -3.80. The molecule has 0 bridgehead atoms. The maximum atomic E-state index is 13.6. The smallest absolute Gasteiger partial charge is 0.244 e. The molecule has 0 radical (unpaired) electrons. The molecule has 2 aromatic rings. The van der Waals surface area contributed by atoms with Gasteiger partial charge in [0.2, 0.25) is 21.8 Å². The van der Waals surface area contributed by atoms with Crippen LogP contribution in [0.3, 0.4) is 0 Å². The van der Waals surface area contributed by atoms with E-state index < -0.39 is 28.5 Å². The number of nitrogens with one attached hydrogen (secondary N) is 1. The molecule has 1 N–H and O–H groups in total. The molecule has 0 aliphatic carbocycles. The zero-order valence-corrected chi connectivity index (χ0v) is 23.0. The third-order valence-electron chi connectivity index (χ3n) is 5.65. The third-order valence-corrected chi connectivity index (χ3v) is 7.50. The van der Waals surface area contributed by atoms with Crippen LogP contribution in [0.1, 0.15) is 51.2 Å². The van der Waals surface area contributed by atoms with Crippen molar-refractivity contribution in [2.75, 3.05) is 23.7 Å². The minimum absolute atomic E-state index is 0.0448. The Bertz CT molecular complexity index is 1120. The van der Waals surface area contributed by atoms with E-state index in [1.807, 2.05) is 26.0 Å². The van der Waals surface area contributed by atoms with Crippen molar-refractivity contribution in [3.05, 3.63) is 63.6 Å². The number of rotatable bonds is 11. The fraction of sp³-hybridized carbons (Fsp3) is 0.440. The molecule has 0 heterocycles. The van der Waals surface area contributed by atoms with Gasteiger partial charge in [0.05, 0.1) is 11.9 Å². The quantitative estimate of drug-likeness (QED) is 0.441. The molecule has 192 valence electrons. The molecule has 2 rings (SSSR count). The number of hydrogen-bond acceptors (Lipinski definition) is 4. The van der Waals surface area contributed by atoms with Crippen LogP contribution in [0.2, 0.25) is 10.0 Å². The van der Waals surface area contributed by atoms with Crippen molar-refractivity contribution in [1.29, 1.82) is 0 Å². The van der Waals surface area contributed by atoms with Gasteiger partial charge in [0, 0.05) is 28.7 Å². The predicted molar refractivity (Wildman–Crippen MR) is 142 cm³/mol. The largest absolute Gasteiger partial charge is 0.355 e. The molecular formula is C25H33Cl2N3O4S. The van der Waals surface area contributed by atoms with Crippen molar-refractivity contribution in [2.45, 2.75) is 52.6 Å². The molecule has 2 aromatic carbocycles. The minimum Gasteiger partial charge on any atom is -0.355 e. The number of benzene rings is 2. The van der Waals surface area contributed by atoms with Gasteiger partial charge in [-0.15, -0.1) is 0 Å². The molecule has 7 nitrogen and oxygen atoms in total. The normalized spacial score (nSPS) is 12.3. The van der Waals surface area contributed by atoms with E-state index in [2.05, 4.69) is 5.32 Å². The maximum Gasteiger partial charge on any atom is 0.244 e. The molecular weight excluding hydrogens is 509 g/mol. The molecule has 0 aromatic heterocycles. The Kier molecular flexibility index (Phi) is 10.4. The second kappa shape index (κ2) is 12.6. The van der Waals surface area contributed by atoms with Crippen LogP contribution >= 0.6 is 23.2 Å². The molecule has 0 spiro atoms. The van der Waals surface area contributed by atoms with Gasteiger partial charge in [-0.3, -0.25) is 13.9 Å². The Morgan fingerprint density at radius 2 is 1.57 bits per heavy atom. The van der Waals surface area contributed by atoms with Gasteiger partial charge >= 0.3 is 0 Å². The van der Waals surface area contributed by atoms with Crippen molar-refractivity contribution >= 4 is 50.7 Å². The number of halogens is 2. The Morgan fingerprint density at radius 3 is 2.03 bits per heavy atom. The topological polar surface area (TPSA) is 86.8 Å². The highest BCUT2D eigenvalue weighted by atomic mass is 35.5. The van der Waals surface area contributed by atoms with Crippen molar-refractivity contribution < 1.29 is 18.0 Å². The van der Waals surface area contributed by atoms with E-state index in [0.717, 1.165) is 16.1 Å². The summed E-state index contributed by atoms with van der Waals surface area (Å²) in [6, 6.07) is 11.2. The highest BCUT2D eigenvalue weighted by molar-refractivity contribution is 7.92. The number of anilines is 1. The standard InChI is InChI=1S/C25H33Cl2N3O4S/c1-6-23(25(32)28-7-2)29(15-20-21(26)9-8-10-22(20)27)24(31)16-30(35(5,33)34)19-13-11-18(12-14-19)17(3)4/h8-14,17,23H,6-7,15-16H2,1-5H3,(H,28,32)/t23-/m1/s1. The number of sulfonamides is 1. The summed E-state index contributed by atoms with van der Waals surface area (Å²) in [5.74, 6) is -0.605. The summed E-state index contributed by atoms with van der Waals surface area (Å²) < 4.78 is 26.4. The summed E-state index contributed by atoms with van der Waals surface area (Å²) in [6.07, 6.45) is 1.37. The lowest BCUT2D eigenvalue weighted by atomic mass is 10.0. The first-order chi connectivity index (χ1) is 16.4. The molecule has 10 heteroatoms. The van der Waals surface area contributed by atoms with Gasteiger partial charge in [-0.05, 0) is 49.1 Å². The molecule has 0 aliphatic rings. The molecule has 0 saturated carbocycles. The van der Waals surface area contributed by atoms with E-state index in [9.17, 15) is 18.0 Å². The molecule has 35 heavy (non-hydrogen) atoms. The first-order valence-electron chi connectivity index (χ1n) is 11.5. The van der Waals surface area contributed by atoms with E-state index >= 15 is 0 Å². The molecule has 2 amide bonds. The number of carbonyl (C=O) groups excluding carboxylic acids is 2. The van der Waals surface area contributed by atoms with E-state index in [1.165, 1.54) is 4.90 Å². The monoisotopic (exact) mass is 541 g/mol. The average molecular weight is 543 g/mol. The number of carbonyl (C=O) groups is 2. The summed E-state index contributed by atoms with van der Waals surface area (Å²) >= 11 is 12.7. The van der Waals surface area contributed by atoms with Gasteiger partial charge in [0.1, 0.15) is 12.6 Å². The fourth-order valence-electron chi connectivity index (χ4n) is 3.70. The summed E-state index contributed by atoms with van der Waals surface area (Å²) in [4.78, 5) is 27.8. The Morgan fingerprint density at radius 1 is 1.00 bits per heavy atom. The van der Waals surface area contributed by atoms with Crippen LogP contribution in [-0.2, 0) is 26.2 Å². The summed E-state index contributed by atoms with van der Waals surface area (Å²) in [5, 5.41) is 3.45. The second-order valence-corrected chi connectivity index (χ2v) is 11.3. The number of likely N-dealkylation sites (N-methyl/N-ethyl adjacent to an activating group) is 1. The predicted octanol–water partition coefficient (Wildman–Crippen LogP) is 4.83. The SMILES string of the molecule is CCNC(=O)[C@@H](CC)N(Cc1c(Cl)cccc1Cl)C(=O)CN(c1ccc(C(C)C)cc1)S(C)(=O)=O. The fourth-order valence-corrected chi connectivity index (χ4v) is 5.07. The number of amides is 2. The molecule has 0 fully saturated rings. The van der Waals surface area contributed by atoms with Crippen molar-refractivity contribution in [3.63, 3.8) is 0 Å². The maximum absolute atomic E-state index is 13.6. The van der Waals surface area contributed by atoms with Crippen LogP contribution in [0.4, 0.5) is 5.69 Å². The lowest BCUT2D eigenvalue weighted by molar-refractivity contribution is -0.140. The van der Waals surface area contributed by atoms with E-state index in [4.69, 9.17) is 23.2 Å². The molecule has 0 unspecified atom stereocenters. The van der Waals surface area contributed by atoms with Crippen molar-refractivity contribution in [3.8, 4) is 0 Å². The van der Waals surface area contributed by atoms with Crippen LogP contribution < -0.4 is 9.62 Å². The highest BCUT2D eigenvalue weighted by Gasteiger charge is 2.32. The summed E-state index contributed by atoms with van der Waals surface area (Å²) in [7, 11) is -3.80. The summed E-state index contributed by atoms with van der Waals surface area (Å²) in [6.45, 7) is 7.52. The lowest BCUT2D eigenvalue weighted by Crippen LogP contribution is -2.52. The van der Waals surface area contributed by atoms with Gasteiger partial charge in [0.15, 0.2) is 0 Å². The van der Waals surface area contributed by atoms with Crippen LogP contribution in [0.5, 0.6) is 0 Å². The molecule has 1 atom stereocenters. The first kappa shape index (κ1) is 28.9. The zero-order chi connectivity index (χ0) is 26.3. The van der Waals surface area contributed by atoms with Gasteiger partial charge < -0.3 is 10.2 Å². The van der Waals surface area contributed by atoms with E-state index in [0.29, 0.717) is 34.3 Å². The number of nitrogens with zero attached hydrogens (tertiary/aromatic N) is 2. The van der Waals surface area contributed by atoms with Crippen LogP contribution in [0.25, 0.3) is 0 Å². The Hall–Kier alpha value is -2.29. The van der Waals surface area contributed by atoms with Gasteiger partial charge in [0.25, 0.3) is 0 Å². The van der Waals surface area contributed by atoms with Gasteiger partial charge in [-0.1, -0.05) is 62.2 Å². The van der Waals surface area contributed by atoms with Gasteiger partial charge in [-0.2, -0.15) is 0 Å². The highest BCUT2D eigenvalue weighted by Crippen LogP contribution is 2.28. The average Bonchev–Trinajstić information content (AvgIpc) is 2.78. The van der Waals surface area contributed by atoms with Crippen LogP contribution in [-0.4, -0.2) is 50.5 Å². The first-order valence-corrected chi connectivity index (χ1v) is 14.1. The Labute approximate surface area is 218 Å². The zero-order valence-electron chi connectivity index (χ0n) is 20.7. The van der Waals surface area contributed by atoms with Crippen LogP contribution in [0.15, 0.2) is 42.5 Å². The molecule has 0 saturated heterocycles. The van der Waals surface area contributed by atoms with Crippen molar-refractivity contribution in [1.82, 2.24) is 10.2 Å². The van der Waals surface area contributed by atoms with Gasteiger partial charge in [-0.25, -0.2) is 8.42 Å². The third kappa shape index (κ3) is 7.59. The summed E-state index contributed by atoms with van der Waals surface area (Å²) in [5.41, 5.74) is 1.90. The number of hydrogen-bond donors (Lipinski definition) is 1. The lowest BCUT2D eigenvalue weighted by Gasteiger charge is -2.33. The molecule has 0 aliphatic heterocycles. The van der Waals surface area contributed by atoms with Crippen LogP contribution in [0, 0.1) is 0 Å². The Balaban J connectivity index is 2.48. The van der Waals surface area contributed by atoms with Crippen molar-refractivity contribution in [2.24, 2.45) is 0 Å².